The fourth-order valence-corrected chi connectivity index (χ4v) is 4.02. The zero-order valence-corrected chi connectivity index (χ0v) is 17.2. The minimum Gasteiger partial charge on any atom is -0.493 e. The van der Waals surface area contributed by atoms with Gasteiger partial charge in [-0.15, -0.1) is 0 Å². The first-order chi connectivity index (χ1) is 14.8. The van der Waals surface area contributed by atoms with Crippen LogP contribution in [0.5, 0.6) is 11.5 Å². The molecule has 4 rings (SSSR count). The molecule has 0 aliphatic heterocycles. The van der Waals surface area contributed by atoms with Crippen LogP contribution < -0.4 is 9.47 Å². The zero-order chi connectivity index (χ0) is 20.8. The molecule has 1 aliphatic carbocycles. The number of methoxy groups -OCH3 is 1. The Morgan fingerprint density at radius 2 is 1.50 bits per heavy atom. The predicted octanol–water partition coefficient (Wildman–Crippen LogP) is 6.31. The highest BCUT2D eigenvalue weighted by atomic mass is 16.5. The summed E-state index contributed by atoms with van der Waals surface area (Å²) in [6, 6.07) is 24.4. The van der Waals surface area contributed by atoms with Gasteiger partial charge in [0.25, 0.3) is 0 Å². The maximum absolute atomic E-state index is 11.4. The second-order valence-corrected chi connectivity index (χ2v) is 7.55. The monoisotopic (exact) mass is 398 g/mol. The van der Waals surface area contributed by atoms with Crippen LogP contribution in [0, 0.1) is 0 Å². The Morgan fingerprint density at radius 3 is 2.17 bits per heavy atom. The van der Waals surface area contributed by atoms with Crippen LogP contribution in [-0.2, 0) is 4.79 Å². The van der Waals surface area contributed by atoms with Gasteiger partial charge in [0, 0.05) is 0 Å². The fourth-order valence-electron chi connectivity index (χ4n) is 4.02. The first kappa shape index (κ1) is 20.0. The molecule has 3 nitrogen and oxygen atoms in total. The van der Waals surface area contributed by atoms with Crippen LogP contribution >= 0.6 is 0 Å². The smallest absolute Gasteiger partial charge is 0.162 e. The summed E-state index contributed by atoms with van der Waals surface area (Å²) in [5, 5.41) is 0. The van der Waals surface area contributed by atoms with E-state index in [9.17, 15) is 4.79 Å². The number of carbonyl (C=O) groups is 1. The molecule has 0 spiro atoms. The lowest BCUT2D eigenvalue weighted by Gasteiger charge is -2.18. The average Bonchev–Trinajstić information content (AvgIpc) is 3.31. The molecule has 0 amide bonds. The maximum Gasteiger partial charge on any atom is 0.162 e. The predicted molar refractivity (Wildman–Crippen MR) is 121 cm³/mol. The van der Waals surface area contributed by atoms with E-state index < -0.39 is 0 Å². The Morgan fingerprint density at radius 1 is 0.833 bits per heavy atom. The van der Waals surface area contributed by atoms with Gasteiger partial charge in [-0.25, -0.2) is 0 Å². The third-order valence-corrected chi connectivity index (χ3v) is 5.61. The average molecular weight is 399 g/mol. The lowest BCUT2D eigenvalue weighted by Crippen LogP contribution is -2.11. The van der Waals surface area contributed by atoms with Gasteiger partial charge in [-0.1, -0.05) is 60.7 Å². The minimum absolute atomic E-state index is 0.234. The van der Waals surface area contributed by atoms with E-state index in [1.165, 1.54) is 18.4 Å². The molecular formula is C27H26O3. The number of hydrogen-bond donors (Lipinski definition) is 0. The van der Waals surface area contributed by atoms with E-state index in [2.05, 4.69) is 36.4 Å². The molecule has 1 aliphatic rings. The van der Waals surface area contributed by atoms with Crippen molar-refractivity contribution in [3.05, 3.63) is 90.0 Å². The Bertz CT molecular complexity index is 1010. The van der Waals surface area contributed by atoms with Crippen LogP contribution in [0.4, 0.5) is 0 Å². The molecular weight excluding hydrogens is 372 g/mol. The van der Waals surface area contributed by atoms with Gasteiger partial charge in [0.1, 0.15) is 6.29 Å². The van der Waals surface area contributed by atoms with Crippen molar-refractivity contribution in [1.29, 1.82) is 0 Å². The highest BCUT2D eigenvalue weighted by Crippen LogP contribution is 2.36. The van der Waals surface area contributed by atoms with Crippen molar-refractivity contribution >= 4 is 11.9 Å². The summed E-state index contributed by atoms with van der Waals surface area (Å²) in [7, 11) is 1.65. The number of benzene rings is 3. The van der Waals surface area contributed by atoms with Crippen LogP contribution in [0.15, 0.2) is 78.9 Å². The van der Waals surface area contributed by atoms with E-state index in [1.54, 1.807) is 13.2 Å². The standard InChI is InChI=1S/C27H26O3/c1-29-26-16-15-23(19-27(26)30-24-9-5-6-10-24)25(17-18-28)22-13-11-21(12-14-22)20-7-3-2-4-8-20/h2-4,7-8,11-19,24H,5-6,9-10H2,1H3/b25-17+. The van der Waals surface area contributed by atoms with Gasteiger partial charge >= 0.3 is 0 Å². The third-order valence-electron chi connectivity index (χ3n) is 5.61. The van der Waals surface area contributed by atoms with Crippen molar-refractivity contribution in [3.8, 4) is 22.6 Å². The van der Waals surface area contributed by atoms with Crippen molar-refractivity contribution in [1.82, 2.24) is 0 Å². The number of hydrogen-bond acceptors (Lipinski definition) is 3. The quantitative estimate of drug-likeness (QED) is 0.345. The molecule has 0 radical (unpaired) electrons. The van der Waals surface area contributed by atoms with Crippen LogP contribution in [0.2, 0.25) is 0 Å². The topological polar surface area (TPSA) is 35.5 Å². The SMILES string of the molecule is COc1ccc(/C(=C/C=O)c2ccc(-c3ccccc3)cc2)cc1OC1CCCC1. The summed E-state index contributed by atoms with van der Waals surface area (Å²) in [6.07, 6.45) is 7.24. The Kier molecular flexibility index (Phi) is 6.29. The fraction of sp³-hybridized carbons (Fsp3) is 0.222. The van der Waals surface area contributed by atoms with Crippen LogP contribution in [0.3, 0.4) is 0 Å². The lowest BCUT2D eigenvalue weighted by molar-refractivity contribution is -0.104. The molecule has 1 fully saturated rings. The van der Waals surface area contributed by atoms with Crippen LogP contribution in [0.25, 0.3) is 16.7 Å². The summed E-state index contributed by atoms with van der Waals surface area (Å²) in [6.45, 7) is 0. The van der Waals surface area contributed by atoms with Gasteiger partial charge in [-0.2, -0.15) is 0 Å². The Labute approximate surface area is 178 Å². The summed E-state index contributed by atoms with van der Waals surface area (Å²) in [4.78, 5) is 11.4. The second kappa shape index (κ2) is 9.45. The molecule has 1 saturated carbocycles. The van der Waals surface area contributed by atoms with E-state index in [-0.39, 0.29) is 6.10 Å². The number of carbonyl (C=O) groups excluding carboxylic acids is 1. The van der Waals surface area contributed by atoms with Gasteiger partial charge in [0.05, 0.1) is 13.2 Å². The molecule has 0 heterocycles. The van der Waals surface area contributed by atoms with Crippen molar-refractivity contribution in [2.24, 2.45) is 0 Å². The lowest BCUT2D eigenvalue weighted by atomic mass is 9.95. The molecule has 0 aromatic heterocycles. The summed E-state index contributed by atoms with van der Waals surface area (Å²) >= 11 is 0. The minimum atomic E-state index is 0.234. The Hall–Kier alpha value is -3.33. The van der Waals surface area contributed by atoms with E-state index in [4.69, 9.17) is 9.47 Å². The van der Waals surface area contributed by atoms with Gasteiger partial charge in [-0.05, 0) is 71.7 Å². The van der Waals surface area contributed by atoms with Gasteiger partial charge in [0.15, 0.2) is 11.5 Å². The van der Waals surface area contributed by atoms with Crippen molar-refractivity contribution < 1.29 is 14.3 Å². The van der Waals surface area contributed by atoms with E-state index in [1.807, 2.05) is 36.4 Å². The van der Waals surface area contributed by atoms with E-state index >= 15 is 0 Å². The van der Waals surface area contributed by atoms with Gasteiger partial charge < -0.3 is 9.47 Å². The molecule has 3 aromatic rings. The molecule has 0 bridgehead atoms. The summed E-state index contributed by atoms with van der Waals surface area (Å²) in [5.41, 5.74) is 5.09. The first-order valence-corrected chi connectivity index (χ1v) is 10.4. The number of allylic oxidation sites excluding steroid dienone is 1. The van der Waals surface area contributed by atoms with E-state index in [0.29, 0.717) is 0 Å². The number of aldehydes is 1. The molecule has 3 aromatic carbocycles. The highest BCUT2D eigenvalue weighted by molar-refractivity contribution is 5.90. The highest BCUT2D eigenvalue weighted by Gasteiger charge is 2.19. The van der Waals surface area contributed by atoms with E-state index in [0.717, 1.165) is 52.9 Å². The Balaban J connectivity index is 1.65. The molecule has 0 N–H and O–H groups in total. The maximum atomic E-state index is 11.4. The molecule has 0 unspecified atom stereocenters. The number of ether oxygens (including phenoxy) is 2. The first-order valence-electron chi connectivity index (χ1n) is 10.4. The van der Waals surface area contributed by atoms with Gasteiger partial charge in [0.2, 0.25) is 0 Å². The summed E-state index contributed by atoms with van der Waals surface area (Å²) in [5.74, 6) is 1.45. The van der Waals surface area contributed by atoms with Crippen LogP contribution in [-0.4, -0.2) is 19.5 Å². The van der Waals surface area contributed by atoms with Crippen molar-refractivity contribution in [3.63, 3.8) is 0 Å². The third kappa shape index (κ3) is 4.46. The zero-order valence-electron chi connectivity index (χ0n) is 17.2. The van der Waals surface area contributed by atoms with Crippen LogP contribution in [0.1, 0.15) is 36.8 Å². The largest absolute Gasteiger partial charge is 0.493 e. The molecule has 30 heavy (non-hydrogen) atoms. The van der Waals surface area contributed by atoms with Crippen molar-refractivity contribution in [2.45, 2.75) is 31.8 Å². The molecule has 0 saturated heterocycles. The molecule has 0 atom stereocenters. The summed E-state index contributed by atoms with van der Waals surface area (Å²) < 4.78 is 11.7. The normalized spacial score (nSPS) is 14.5. The van der Waals surface area contributed by atoms with Gasteiger partial charge in [-0.3, -0.25) is 4.79 Å². The molecule has 152 valence electrons. The number of rotatable bonds is 7. The molecule has 3 heteroatoms. The second-order valence-electron chi connectivity index (χ2n) is 7.55. The van der Waals surface area contributed by atoms with Crippen molar-refractivity contribution in [2.75, 3.05) is 7.11 Å².